The summed E-state index contributed by atoms with van der Waals surface area (Å²) >= 11 is 24.9. The Labute approximate surface area is 248 Å². The van der Waals surface area contributed by atoms with Gasteiger partial charge >= 0.3 is 0 Å². The first-order valence-electron chi connectivity index (χ1n) is 12.0. The predicted octanol–water partition coefficient (Wildman–Crippen LogP) is 6.44. The van der Waals surface area contributed by atoms with E-state index in [1.54, 1.807) is 56.3 Å². The fourth-order valence-electron chi connectivity index (χ4n) is 3.96. The van der Waals surface area contributed by atoms with Gasteiger partial charge in [0.05, 0.1) is 30.7 Å². The number of hydrogen-bond acceptors (Lipinski definition) is 4. The van der Waals surface area contributed by atoms with Gasteiger partial charge in [-0.3, -0.25) is 13.9 Å². The molecule has 0 fully saturated rings. The highest BCUT2D eigenvalue weighted by molar-refractivity contribution is 7.92. The van der Waals surface area contributed by atoms with Crippen molar-refractivity contribution >= 4 is 73.9 Å². The lowest BCUT2D eigenvalue weighted by atomic mass is 10.1. The van der Waals surface area contributed by atoms with Crippen LogP contribution in [0.3, 0.4) is 0 Å². The quantitative estimate of drug-likeness (QED) is 0.264. The summed E-state index contributed by atoms with van der Waals surface area (Å²) in [5.74, 6) is -0.999. The van der Waals surface area contributed by atoms with Crippen molar-refractivity contribution in [3.05, 3.63) is 92.4 Å². The van der Waals surface area contributed by atoms with E-state index in [9.17, 15) is 18.0 Å². The molecule has 0 radical (unpaired) electrons. The number of carbonyl (C=O) groups excluding carboxylic acids is 2. The number of sulfonamides is 1. The Bertz CT molecular complexity index is 1440. The SMILES string of the molecule is CCNC(=O)C(CC)N(Cc1ccc(Cl)c(Cl)c1)C(=O)CN(c1cccc(Cl)c1Cl)S(=O)(=O)c1ccccc1. The van der Waals surface area contributed by atoms with Crippen molar-refractivity contribution in [2.75, 3.05) is 17.4 Å². The van der Waals surface area contributed by atoms with Crippen molar-refractivity contribution in [2.45, 2.75) is 37.8 Å². The minimum absolute atomic E-state index is 0.0200. The average Bonchev–Trinajstić information content (AvgIpc) is 2.91. The van der Waals surface area contributed by atoms with Gasteiger partial charge in [0, 0.05) is 13.1 Å². The number of benzene rings is 3. The Hall–Kier alpha value is -2.49. The summed E-state index contributed by atoms with van der Waals surface area (Å²) in [5, 5.41) is 3.46. The molecule has 1 atom stereocenters. The van der Waals surface area contributed by atoms with E-state index < -0.39 is 28.5 Å². The van der Waals surface area contributed by atoms with Gasteiger partial charge in [-0.1, -0.05) is 83.7 Å². The molecule has 2 amide bonds. The van der Waals surface area contributed by atoms with Crippen molar-refractivity contribution < 1.29 is 18.0 Å². The second-order valence-electron chi connectivity index (χ2n) is 8.49. The first-order chi connectivity index (χ1) is 18.5. The highest BCUT2D eigenvalue weighted by Crippen LogP contribution is 2.35. The number of halogens is 4. The molecule has 0 bridgehead atoms. The molecule has 3 aromatic carbocycles. The van der Waals surface area contributed by atoms with Crippen LogP contribution in [0.25, 0.3) is 0 Å². The third kappa shape index (κ3) is 7.38. The maximum atomic E-state index is 14.0. The molecule has 1 N–H and O–H groups in total. The zero-order chi connectivity index (χ0) is 28.7. The lowest BCUT2D eigenvalue weighted by Gasteiger charge is -2.33. The summed E-state index contributed by atoms with van der Waals surface area (Å²) in [5.41, 5.74) is 0.640. The molecule has 3 rings (SSSR count). The van der Waals surface area contributed by atoms with E-state index in [4.69, 9.17) is 46.4 Å². The monoisotopic (exact) mass is 629 g/mol. The van der Waals surface area contributed by atoms with Gasteiger partial charge in [0.15, 0.2) is 0 Å². The highest BCUT2D eigenvalue weighted by Gasteiger charge is 2.34. The third-order valence-corrected chi connectivity index (χ3v) is 9.21. The van der Waals surface area contributed by atoms with Gasteiger partial charge in [-0.05, 0) is 55.3 Å². The largest absolute Gasteiger partial charge is 0.355 e. The normalized spacial score (nSPS) is 12.1. The molecular weight excluding hydrogens is 604 g/mol. The minimum atomic E-state index is -4.27. The first-order valence-corrected chi connectivity index (χ1v) is 15.0. The van der Waals surface area contributed by atoms with E-state index in [0.717, 1.165) is 4.31 Å². The Kier molecular flexibility index (Phi) is 10.9. The maximum Gasteiger partial charge on any atom is 0.264 e. The summed E-state index contributed by atoms with van der Waals surface area (Å²) in [4.78, 5) is 28.2. The van der Waals surface area contributed by atoms with Gasteiger partial charge in [-0.15, -0.1) is 0 Å². The third-order valence-electron chi connectivity index (χ3n) is 5.88. The summed E-state index contributed by atoms with van der Waals surface area (Å²) in [6.45, 7) is 3.23. The summed E-state index contributed by atoms with van der Waals surface area (Å²) in [6, 6.07) is 16.2. The van der Waals surface area contributed by atoms with Crippen LogP contribution in [0.2, 0.25) is 20.1 Å². The molecule has 0 saturated carbocycles. The van der Waals surface area contributed by atoms with Crippen molar-refractivity contribution in [3.63, 3.8) is 0 Å². The second-order valence-corrected chi connectivity index (χ2v) is 11.9. The molecule has 208 valence electrons. The van der Waals surface area contributed by atoms with E-state index >= 15 is 0 Å². The van der Waals surface area contributed by atoms with Crippen LogP contribution in [0.1, 0.15) is 25.8 Å². The Morgan fingerprint density at radius 3 is 2.18 bits per heavy atom. The smallest absolute Gasteiger partial charge is 0.264 e. The molecule has 0 heterocycles. The van der Waals surface area contributed by atoms with Crippen LogP contribution < -0.4 is 9.62 Å². The fraction of sp³-hybridized carbons (Fsp3) is 0.259. The van der Waals surface area contributed by atoms with Crippen LogP contribution in [-0.2, 0) is 26.2 Å². The number of hydrogen-bond donors (Lipinski definition) is 1. The highest BCUT2D eigenvalue weighted by atomic mass is 35.5. The zero-order valence-electron chi connectivity index (χ0n) is 21.2. The number of likely N-dealkylation sites (N-methyl/N-ethyl adjacent to an activating group) is 1. The molecule has 0 aliphatic rings. The van der Waals surface area contributed by atoms with Crippen LogP contribution in [-0.4, -0.2) is 44.3 Å². The molecule has 7 nitrogen and oxygen atoms in total. The van der Waals surface area contributed by atoms with Gasteiger partial charge in [0.2, 0.25) is 11.8 Å². The number of carbonyl (C=O) groups is 2. The number of rotatable bonds is 11. The zero-order valence-corrected chi connectivity index (χ0v) is 25.0. The van der Waals surface area contributed by atoms with E-state index in [-0.39, 0.29) is 44.5 Å². The van der Waals surface area contributed by atoms with Crippen molar-refractivity contribution in [1.29, 1.82) is 0 Å². The minimum Gasteiger partial charge on any atom is -0.355 e. The number of amides is 2. The average molecular weight is 631 g/mol. The lowest BCUT2D eigenvalue weighted by Crippen LogP contribution is -2.52. The molecule has 1 unspecified atom stereocenters. The summed E-state index contributed by atoms with van der Waals surface area (Å²) in [7, 11) is -4.27. The van der Waals surface area contributed by atoms with E-state index in [1.807, 2.05) is 0 Å². The van der Waals surface area contributed by atoms with Crippen molar-refractivity contribution in [3.8, 4) is 0 Å². The summed E-state index contributed by atoms with van der Waals surface area (Å²) in [6.07, 6.45) is 0.280. The molecule has 39 heavy (non-hydrogen) atoms. The van der Waals surface area contributed by atoms with E-state index in [1.165, 1.54) is 29.2 Å². The van der Waals surface area contributed by atoms with Crippen LogP contribution in [0.4, 0.5) is 5.69 Å². The maximum absolute atomic E-state index is 14.0. The molecule has 0 aromatic heterocycles. The van der Waals surface area contributed by atoms with Crippen molar-refractivity contribution in [1.82, 2.24) is 10.2 Å². The molecular formula is C27H27Cl4N3O4S. The van der Waals surface area contributed by atoms with Crippen molar-refractivity contribution in [2.24, 2.45) is 0 Å². The van der Waals surface area contributed by atoms with Crippen LogP contribution in [0, 0.1) is 0 Å². The van der Waals surface area contributed by atoms with Crippen LogP contribution in [0.15, 0.2) is 71.6 Å². The lowest BCUT2D eigenvalue weighted by molar-refractivity contribution is -0.140. The van der Waals surface area contributed by atoms with Gasteiger partial charge in [-0.25, -0.2) is 8.42 Å². The Morgan fingerprint density at radius 1 is 0.872 bits per heavy atom. The molecule has 0 aliphatic carbocycles. The molecule has 12 heteroatoms. The van der Waals surface area contributed by atoms with Gasteiger partial charge in [0.1, 0.15) is 12.6 Å². The van der Waals surface area contributed by atoms with Crippen LogP contribution in [0.5, 0.6) is 0 Å². The fourth-order valence-corrected chi connectivity index (χ4v) is 6.18. The standard InChI is InChI=1S/C27H27Cl4N3O4S/c1-3-23(27(36)32-4-2)33(16-18-13-14-20(28)22(30)15-18)25(35)17-34(24-12-8-11-21(29)26(24)31)39(37,38)19-9-6-5-7-10-19/h5-15,23H,3-4,16-17H2,1-2H3,(H,32,36). The van der Waals surface area contributed by atoms with E-state index in [0.29, 0.717) is 17.1 Å². The number of anilines is 1. The van der Waals surface area contributed by atoms with Gasteiger partial charge in [-0.2, -0.15) is 0 Å². The molecule has 3 aromatic rings. The Morgan fingerprint density at radius 2 is 1.56 bits per heavy atom. The Balaban J connectivity index is 2.10. The van der Waals surface area contributed by atoms with Gasteiger partial charge in [0.25, 0.3) is 10.0 Å². The van der Waals surface area contributed by atoms with Crippen LogP contribution >= 0.6 is 46.4 Å². The topological polar surface area (TPSA) is 86.8 Å². The number of nitrogens with zero attached hydrogens (tertiary/aromatic N) is 2. The summed E-state index contributed by atoms with van der Waals surface area (Å²) < 4.78 is 28.5. The van der Waals surface area contributed by atoms with Gasteiger partial charge < -0.3 is 10.2 Å². The molecule has 0 spiro atoms. The second kappa shape index (κ2) is 13.7. The van der Waals surface area contributed by atoms with E-state index in [2.05, 4.69) is 5.32 Å². The first kappa shape index (κ1) is 31.0. The number of nitrogens with one attached hydrogen (secondary N) is 1. The molecule has 0 aliphatic heterocycles. The molecule has 0 saturated heterocycles. The predicted molar refractivity (Wildman–Crippen MR) is 157 cm³/mol.